The van der Waals surface area contributed by atoms with E-state index in [1.807, 2.05) is 17.9 Å². The molecular weight excluding hydrogens is 304 g/mol. The summed E-state index contributed by atoms with van der Waals surface area (Å²) in [6.07, 6.45) is 4.72. The van der Waals surface area contributed by atoms with Crippen molar-refractivity contribution in [3.8, 4) is 5.75 Å². The molecule has 19 heavy (non-hydrogen) atoms. The van der Waals surface area contributed by atoms with Crippen molar-refractivity contribution < 1.29 is 4.74 Å². The van der Waals surface area contributed by atoms with Gasteiger partial charge in [-0.2, -0.15) is 0 Å². The number of imidazole rings is 1. The predicted molar refractivity (Wildman–Crippen MR) is 80.7 cm³/mol. The van der Waals surface area contributed by atoms with Gasteiger partial charge in [-0.1, -0.05) is 19.1 Å². The van der Waals surface area contributed by atoms with Crippen molar-refractivity contribution in [2.45, 2.75) is 26.2 Å². The molecule has 0 aliphatic carbocycles. The van der Waals surface area contributed by atoms with Crippen molar-refractivity contribution in [3.63, 3.8) is 0 Å². The highest BCUT2D eigenvalue weighted by Gasteiger charge is 2.09. The number of hydrogen-bond acceptors (Lipinski definition) is 2. The summed E-state index contributed by atoms with van der Waals surface area (Å²) >= 11 is 3.56. The Morgan fingerprint density at radius 1 is 1.32 bits per heavy atom. The quantitative estimate of drug-likeness (QED) is 0.841. The molecule has 4 heteroatoms. The normalized spacial score (nSPS) is 10.7. The molecule has 0 N–H and O–H groups in total. The summed E-state index contributed by atoms with van der Waals surface area (Å²) in [6, 6.07) is 6.41. The van der Waals surface area contributed by atoms with Crippen LogP contribution in [0.1, 0.15) is 23.7 Å². The van der Waals surface area contributed by atoms with Crippen LogP contribution in [0.5, 0.6) is 5.75 Å². The summed E-state index contributed by atoms with van der Waals surface area (Å²) in [4.78, 5) is 4.40. The lowest BCUT2D eigenvalue weighted by molar-refractivity contribution is 0.409. The molecule has 0 aliphatic rings. The number of benzene rings is 1. The maximum Gasteiger partial charge on any atom is 0.122 e. The standard InChI is InChI=1S/C15H19BrN2O/c1-4-11-5-8-14(19-3)12(9-11)6-7-13-15(16)18(2)10-17-13/h5,8-10H,4,6-7H2,1-3H3. The van der Waals surface area contributed by atoms with Gasteiger partial charge in [0.1, 0.15) is 10.4 Å². The van der Waals surface area contributed by atoms with E-state index >= 15 is 0 Å². The molecule has 0 saturated heterocycles. The molecule has 0 saturated carbocycles. The molecule has 2 rings (SSSR count). The molecule has 2 aromatic rings. The second-order valence-electron chi connectivity index (χ2n) is 4.59. The third-order valence-electron chi connectivity index (χ3n) is 3.32. The first-order chi connectivity index (χ1) is 9.15. The van der Waals surface area contributed by atoms with Gasteiger partial charge in [0, 0.05) is 7.05 Å². The largest absolute Gasteiger partial charge is 0.496 e. The number of rotatable bonds is 5. The van der Waals surface area contributed by atoms with E-state index < -0.39 is 0 Å². The summed E-state index contributed by atoms with van der Waals surface area (Å²) in [6.45, 7) is 2.17. The Hall–Kier alpha value is -1.29. The maximum atomic E-state index is 5.43. The van der Waals surface area contributed by atoms with E-state index in [1.165, 1.54) is 11.1 Å². The minimum atomic E-state index is 0.908. The van der Waals surface area contributed by atoms with E-state index in [0.29, 0.717) is 0 Å². The first-order valence-corrected chi connectivity index (χ1v) is 7.26. The smallest absolute Gasteiger partial charge is 0.122 e. The van der Waals surface area contributed by atoms with Crippen molar-refractivity contribution in [2.75, 3.05) is 7.11 Å². The summed E-state index contributed by atoms with van der Waals surface area (Å²) in [7, 11) is 3.71. The molecule has 0 atom stereocenters. The number of methoxy groups -OCH3 is 1. The zero-order valence-electron chi connectivity index (χ0n) is 11.6. The fourth-order valence-electron chi connectivity index (χ4n) is 2.13. The van der Waals surface area contributed by atoms with E-state index in [9.17, 15) is 0 Å². The number of hydrogen-bond donors (Lipinski definition) is 0. The molecule has 0 aliphatic heterocycles. The van der Waals surface area contributed by atoms with Gasteiger partial charge in [-0.25, -0.2) is 4.98 Å². The number of aryl methyl sites for hydroxylation is 4. The molecular formula is C15H19BrN2O. The summed E-state index contributed by atoms with van der Waals surface area (Å²) in [5, 5.41) is 0. The Labute approximate surface area is 122 Å². The Morgan fingerprint density at radius 3 is 2.68 bits per heavy atom. The van der Waals surface area contributed by atoms with Crippen LogP contribution in [0, 0.1) is 0 Å². The Bertz CT molecular complexity index is 563. The Kier molecular flexibility index (Phi) is 4.64. The van der Waals surface area contributed by atoms with E-state index in [2.05, 4.69) is 46.0 Å². The average Bonchev–Trinajstić information content (AvgIpc) is 2.76. The summed E-state index contributed by atoms with van der Waals surface area (Å²) in [5.41, 5.74) is 3.68. The number of aromatic nitrogens is 2. The third-order valence-corrected chi connectivity index (χ3v) is 4.34. The zero-order chi connectivity index (χ0) is 13.8. The molecule has 0 amide bonds. The zero-order valence-corrected chi connectivity index (χ0v) is 13.2. The molecule has 0 bridgehead atoms. The number of nitrogens with zero attached hydrogens (tertiary/aromatic N) is 2. The van der Waals surface area contributed by atoms with Crippen LogP contribution in [-0.2, 0) is 26.3 Å². The fourth-order valence-corrected chi connectivity index (χ4v) is 2.52. The van der Waals surface area contributed by atoms with Crippen LogP contribution in [0.25, 0.3) is 0 Å². The van der Waals surface area contributed by atoms with Crippen molar-refractivity contribution in [1.82, 2.24) is 9.55 Å². The first-order valence-electron chi connectivity index (χ1n) is 6.47. The summed E-state index contributed by atoms with van der Waals surface area (Å²) in [5.74, 6) is 0.962. The molecule has 0 unspecified atom stereocenters. The van der Waals surface area contributed by atoms with Gasteiger partial charge in [-0.3, -0.25) is 0 Å². The lowest BCUT2D eigenvalue weighted by Gasteiger charge is -2.10. The van der Waals surface area contributed by atoms with Crippen LogP contribution in [0.15, 0.2) is 29.1 Å². The minimum absolute atomic E-state index is 0.908. The average molecular weight is 323 g/mol. The van der Waals surface area contributed by atoms with Gasteiger partial charge < -0.3 is 9.30 Å². The number of ether oxygens (including phenoxy) is 1. The molecule has 0 spiro atoms. The van der Waals surface area contributed by atoms with Gasteiger partial charge in [-0.15, -0.1) is 0 Å². The molecule has 1 heterocycles. The lowest BCUT2D eigenvalue weighted by Crippen LogP contribution is -1.98. The molecule has 1 aromatic heterocycles. The molecule has 102 valence electrons. The Balaban J connectivity index is 2.16. The van der Waals surface area contributed by atoms with E-state index in [4.69, 9.17) is 4.74 Å². The van der Waals surface area contributed by atoms with Crippen LogP contribution in [0.2, 0.25) is 0 Å². The highest BCUT2D eigenvalue weighted by molar-refractivity contribution is 9.10. The highest BCUT2D eigenvalue weighted by atomic mass is 79.9. The Morgan fingerprint density at radius 2 is 2.11 bits per heavy atom. The van der Waals surface area contributed by atoms with Gasteiger partial charge in [0.05, 0.1) is 19.1 Å². The van der Waals surface area contributed by atoms with E-state index in [-0.39, 0.29) is 0 Å². The van der Waals surface area contributed by atoms with Gasteiger partial charge in [0.2, 0.25) is 0 Å². The van der Waals surface area contributed by atoms with Gasteiger partial charge in [-0.05, 0) is 52.4 Å². The lowest BCUT2D eigenvalue weighted by atomic mass is 10.0. The minimum Gasteiger partial charge on any atom is -0.496 e. The second-order valence-corrected chi connectivity index (χ2v) is 5.34. The van der Waals surface area contributed by atoms with Crippen molar-refractivity contribution in [3.05, 3.63) is 46.0 Å². The number of halogens is 1. The molecule has 0 fully saturated rings. The predicted octanol–water partition coefficient (Wildman–Crippen LogP) is 3.54. The van der Waals surface area contributed by atoms with E-state index in [0.717, 1.165) is 35.3 Å². The van der Waals surface area contributed by atoms with Crippen molar-refractivity contribution in [1.29, 1.82) is 0 Å². The second kappa shape index (κ2) is 6.24. The van der Waals surface area contributed by atoms with Gasteiger partial charge in [0.15, 0.2) is 0 Å². The SMILES string of the molecule is CCc1ccc(OC)c(CCc2ncn(C)c2Br)c1. The van der Waals surface area contributed by atoms with Gasteiger partial charge >= 0.3 is 0 Å². The third kappa shape index (κ3) is 3.18. The monoisotopic (exact) mass is 322 g/mol. The maximum absolute atomic E-state index is 5.43. The van der Waals surface area contributed by atoms with Crippen LogP contribution in [0.4, 0.5) is 0 Å². The molecule has 0 radical (unpaired) electrons. The van der Waals surface area contributed by atoms with Gasteiger partial charge in [0.25, 0.3) is 0 Å². The van der Waals surface area contributed by atoms with Crippen molar-refractivity contribution in [2.24, 2.45) is 7.05 Å². The fraction of sp³-hybridized carbons (Fsp3) is 0.400. The topological polar surface area (TPSA) is 27.1 Å². The summed E-state index contributed by atoms with van der Waals surface area (Å²) < 4.78 is 8.47. The van der Waals surface area contributed by atoms with Crippen LogP contribution in [0.3, 0.4) is 0 Å². The highest BCUT2D eigenvalue weighted by Crippen LogP contribution is 2.23. The van der Waals surface area contributed by atoms with Crippen LogP contribution >= 0.6 is 15.9 Å². The van der Waals surface area contributed by atoms with Crippen LogP contribution in [-0.4, -0.2) is 16.7 Å². The molecule has 3 nitrogen and oxygen atoms in total. The van der Waals surface area contributed by atoms with E-state index in [1.54, 1.807) is 7.11 Å². The van der Waals surface area contributed by atoms with Crippen molar-refractivity contribution >= 4 is 15.9 Å². The first kappa shape index (κ1) is 14.1. The molecule has 1 aromatic carbocycles. The van der Waals surface area contributed by atoms with Crippen LogP contribution < -0.4 is 4.74 Å².